The number of hydrogen-bond donors (Lipinski definition) is 0. The van der Waals surface area contributed by atoms with E-state index in [1.54, 1.807) is 13.2 Å². The van der Waals surface area contributed by atoms with Gasteiger partial charge in [-0.15, -0.1) is 11.3 Å². The van der Waals surface area contributed by atoms with Crippen molar-refractivity contribution >= 4 is 39.4 Å². The quantitative estimate of drug-likeness (QED) is 0.515. The second-order valence-electron chi connectivity index (χ2n) is 5.02. The number of fused-ring (bicyclic) bond motifs is 1. The molecule has 2 aromatic carbocycles. The van der Waals surface area contributed by atoms with Crippen molar-refractivity contribution in [1.82, 2.24) is 4.98 Å². The molecule has 0 saturated heterocycles. The first-order valence-electron chi connectivity index (χ1n) is 6.94. The van der Waals surface area contributed by atoms with Gasteiger partial charge in [0.15, 0.2) is 0 Å². The molecule has 0 aliphatic heterocycles. The minimum atomic E-state index is -0.408. The Morgan fingerprint density at radius 3 is 2.74 bits per heavy atom. The molecule has 0 aliphatic carbocycles. The van der Waals surface area contributed by atoms with Gasteiger partial charge in [0.05, 0.1) is 22.2 Å². The number of thiazole rings is 1. The number of benzene rings is 2. The van der Waals surface area contributed by atoms with Crippen LogP contribution in [0.5, 0.6) is 5.75 Å². The fourth-order valence-corrected chi connectivity index (χ4v) is 3.14. The average molecular weight is 326 g/mol. The molecule has 1 heterocycles. The maximum absolute atomic E-state index is 10.8. The van der Waals surface area contributed by atoms with Crippen molar-refractivity contribution in [1.29, 1.82) is 0 Å². The summed E-state index contributed by atoms with van der Waals surface area (Å²) in [6.07, 6.45) is 3.89. The highest BCUT2D eigenvalue weighted by molar-refractivity contribution is 7.19. The number of ether oxygens (including phenoxy) is 1. The molecule has 3 aromatic rings. The lowest BCUT2D eigenvalue weighted by Gasteiger charge is -2.04. The normalized spacial score (nSPS) is 11.2. The summed E-state index contributed by atoms with van der Waals surface area (Å²) in [6.45, 7) is 1.99. The van der Waals surface area contributed by atoms with E-state index in [2.05, 4.69) is 4.98 Å². The third-order valence-electron chi connectivity index (χ3n) is 3.44. The van der Waals surface area contributed by atoms with Crippen LogP contribution in [-0.4, -0.2) is 17.0 Å². The molecule has 0 fully saturated rings. The number of nitro groups is 1. The monoisotopic (exact) mass is 326 g/mol. The van der Waals surface area contributed by atoms with E-state index in [9.17, 15) is 10.1 Å². The van der Waals surface area contributed by atoms with E-state index in [1.165, 1.54) is 23.5 Å². The number of aromatic nitrogens is 1. The minimum Gasteiger partial charge on any atom is -0.496 e. The molecule has 0 atom stereocenters. The second kappa shape index (κ2) is 6.18. The lowest BCUT2D eigenvalue weighted by molar-refractivity contribution is -0.384. The smallest absolute Gasteiger partial charge is 0.271 e. The van der Waals surface area contributed by atoms with Crippen molar-refractivity contribution in [2.75, 3.05) is 7.11 Å². The molecule has 116 valence electrons. The van der Waals surface area contributed by atoms with Crippen LogP contribution in [0.1, 0.15) is 16.1 Å². The molecule has 0 spiro atoms. The van der Waals surface area contributed by atoms with Gasteiger partial charge in [0.1, 0.15) is 10.8 Å². The molecule has 0 bridgehead atoms. The van der Waals surface area contributed by atoms with Gasteiger partial charge in [0.2, 0.25) is 0 Å². The van der Waals surface area contributed by atoms with Crippen LogP contribution in [-0.2, 0) is 0 Å². The lowest BCUT2D eigenvalue weighted by atomic mass is 10.1. The number of nitrogens with zero attached hydrogens (tertiary/aromatic N) is 2. The number of aryl methyl sites for hydroxylation is 1. The SMILES string of the molecule is COc1ccc(/C=C/c2nc3cc([N+](=O)[O-])ccc3s2)cc1C. The van der Waals surface area contributed by atoms with Crippen molar-refractivity contribution in [3.8, 4) is 5.75 Å². The lowest BCUT2D eigenvalue weighted by Crippen LogP contribution is -1.86. The Kier molecular flexibility index (Phi) is 4.08. The molecule has 5 nitrogen and oxygen atoms in total. The van der Waals surface area contributed by atoms with Gasteiger partial charge in [-0.1, -0.05) is 12.1 Å². The van der Waals surface area contributed by atoms with E-state index in [0.29, 0.717) is 5.52 Å². The summed E-state index contributed by atoms with van der Waals surface area (Å²) in [6, 6.07) is 10.7. The van der Waals surface area contributed by atoms with Gasteiger partial charge in [-0.3, -0.25) is 10.1 Å². The topological polar surface area (TPSA) is 65.3 Å². The molecule has 6 heteroatoms. The van der Waals surface area contributed by atoms with E-state index >= 15 is 0 Å². The maximum Gasteiger partial charge on any atom is 0.271 e. The zero-order chi connectivity index (χ0) is 16.4. The first-order valence-corrected chi connectivity index (χ1v) is 7.76. The summed E-state index contributed by atoms with van der Waals surface area (Å²) in [4.78, 5) is 14.8. The zero-order valence-corrected chi connectivity index (χ0v) is 13.5. The molecular weight excluding hydrogens is 312 g/mol. The molecule has 0 radical (unpaired) electrons. The molecule has 0 saturated carbocycles. The summed E-state index contributed by atoms with van der Waals surface area (Å²) < 4.78 is 6.18. The summed E-state index contributed by atoms with van der Waals surface area (Å²) in [5, 5.41) is 11.6. The van der Waals surface area contributed by atoms with Crippen LogP contribution in [0.3, 0.4) is 0 Å². The Labute approximate surface area is 137 Å². The molecule has 0 N–H and O–H groups in total. The van der Waals surface area contributed by atoms with E-state index in [4.69, 9.17) is 4.74 Å². The van der Waals surface area contributed by atoms with Crippen LogP contribution >= 0.6 is 11.3 Å². The first-order chi connectivity index (χ1) is 11.1. The van der Waals surface area contributed by atoms with E-state index in [-0.39, 0.29) is 5.69 Å². The average Bonchev–Trinajstić information content (AvgIpc) is 2.95. The molecule has 3 rings (SSSR count). The highest BCUT2D eigenvalue weighted by Crippen LogP contribution is 2.27. The maximum atomic E-state index is 10.8. The molecule has 0 unspecified atom stereocenters. The third-order valence-corrected chi connectivity index (χ3v) is 4.44. The van der Waals surface area contributed by atoms with Crippen molar-refractivity contribution in [3.63, 3.8) is 0 Å². The summed E-state index contributed by atoms with van der Waals surface area (Å²) >= 11 is 1.50. The van der Waals surface area contributed by atoms with Crippen LogP contribution in [0.25, 0.3) is 22.4 Å². The highest BCUT2D eigenvalue weighted by Gasteiger charge is 2.09. The van der Waals surface area contributed by atoms with Gasteiger partial charge in [-0.25, -0.2) is 4.98 Å². The van der Waals surface area contributed by atoms with Crippen LogP contribution in [0.15, 0.2) is 36.4 Å². The fraction of sp³-hybridized carbons (Fsp3) is 0.118. The summed E-state index contributed by atoms with van der Waals surface area (Å²) in [5.41, 5.74) is 2.82. The Morgan fingerprint density at radius 2 is 2.04 bits per heavy atom. The number of rotatable bonds is 4. The second-order valence-corrected chi connectivity index (χ2v) is 6.09. The van der Waals surface area contributed by atoms with E-state index < -0.39 is 4.92 Å². The standard InChI is InChI=1S/C17H14N2O3S/c1-11-9-12(3-6-15(11)22-2)4-8-17-18-14-10-13(19(20)21)5-7-16(14)23-17/h3-10H,1-2H3/b8-4+. The van der Waals surface area contributed by atoms with Crippen molar-refractivity contribution in [3.05, 3.63) is 62.6 Å². The molecule has 1 aromatic heterocycles. The zero-order valence-electron chi connectivity index (χ0n) is 12.6. The van der Waals surface area contributed by atoms with Gasteiger partial charge in [0.25, 0.3) is 5.69 Å². The number of nitro benzene ring substituents is 1. The molecular formula is C17H14N2O3S. The molecule has 0 aliphatic rings. The molecule has 0 amide bonds. The van der Waals surface area contributed by atoms with Crippen LogP contribution in [0, 0.1) is 17.0 Å². The first kappa shape index (κ1) is 15.2. The van der Waals surface area contributed by atoms with Crippen LogP contribution in [0.4, 0.5) is 5.69 Å². The fourth-order valence-electron chi connectivity index (χ4n) is 2.29. The Bertz CT molecular complexity index is 915. The van der Waals surface area contributed by atoms with Crippen molar-refractivity contribution in [2.45, 2.75) is 6.92 Å². The number of non-ortho nitro benzene ring substituents is 1. The van der Waals surface area contributed by atoms with Crippen molar-refractivity contribution < 1.29 is 9.66 Å². The predicted molar refractivity (Wildman–Crippen MR) is 92.9 cm³/mol. The highest BCUT2D eigenvalue weighted by atomic mass is 32.1. The van der Waals surface area contributed by atoms with Gasteiger partial charge >= 0.3 is 0 Å². The minimum absolute atomic E-state index is 0.0594. The third kappa shape index (κ3) is 3.22. The van der Waals surface area contributed by atoms with Gasteiger partial charge in [-0.2, -0.15) is 0 Å². The molecule has 23 heavy (non-hydrogen) atoms. The van der Waals surface area contributed by atoms with Crippen molar-refractivity contribution in [2.24, 2.45) is 0 Å². The largest absolute Gasteiger partial charge is 0.496 e. The number of methoxy groups -OCH3 is 1. The Balaban J connectivity index is 1.88. The van der Waals surface area contributed by atoms with Gasteiger partial charge in [-0.05, 0) is 42.3 Å². The Morgan fingerprint density at radius 1 is 1.22 bits per heavy atom. The Hall–Kier alpha value is -2.73. The number of hydrogen-bond acceptors (Lipinski definition) is 5. The summed E-state index contributed by atoms with van der Waals surface area (Å²) in [7, 11) is 1.65. The van der Waals surface area contributed by atoms with Gasteiger partial charge in [0, 0.05) is 12.1 Å². The van der Waals surface area contributed by atoms with E-state index in [1.807, 2.05) is 37.3 Å². The van der Waals surface area contributed by atoms with Crippen LogP contribution < -0.4 is 4.74 Å². The van der Waals surface area contributed by atoms with Gasteiger partial charge < -0.3 is 4.74 Å². The van der Waals surface area contributed by atoms with Crippen LogP contribution in [0.2, 0.25) is 0 Å². The summed E-state index contributed by atoms with van der Waals surface area (Å²) in [5.74, 6) is 0.856. The predicted octanol–water partition coefficient (Wildman–Crippen LogP) is 4.69. The van der Waals surface area contributed by atoms with E-state index in [0.717, 1.165) is 26.6 Å².